The maximum Gasteiger partial charge on any atom is 0.0320 e. The summed E-state index contributed by atoms with van der Waals surface area (Å²) in [6.45, 7) is 3.52. The van der Waals surface area contributed by atoms with Crippen LogP contribution >= 0.6 is 0 Å². The molecule has 0 radical (unpaired) electrons. The van der Waals surface area contributed by atoms with Crippen LogP contribution in [0.2, 0.25) is 0 Å². The van der Waals surface area contributed by atoms with Crippen LogP contribution < -0.4 is 5.32 Å². The Morgan fingerprint density at radius 1 is 1.06 bits per heavy atom. The summed E-state index contributed by atoms with van der Waals surface area (Å²) >= 11 is 0. The lowest BCUT2D eigenvalue weighted by atomic mass is 9.79. The third kappa shape index (κ3) is 2.40. The van der Waals surface area contributed by atoms with Gasteiger partial charge in [-0.05, 0) is 55.2 Å². The van der Waals surface area contributed by atoms with Crippen LogP contribution in [0.1, 0.15) is 62.1 Å². The summed E-state index contributed by atoms with van der Waals surface area (Å²) in [5.41, 5.74) is 3.09. The Morgan fingerprint density at radius 3 is 2.53 bits per heavy atom. The first-order chi connectivity index (χ1) is 8.33. The average Bonchev–Trinajstić information content (AvgIpc) is 2.28. The van der Waals surface area contributed by atoms with Gasteiger partial charge >= 0.3 is 0 Å². The first-order valence-electron chi connectivity index (χ1n) is 7.16. The highest BCUT2D eigenvalue weighted by Gasteiger charge is 2.22. The predicted molar refractivity (Wildman–Crippen MR) is 72.2 cm³/mol. The molecule has 1 aliphatic heterocycles. The van der Waals surface area contributed by atoms with E-state index in [0.717, 1.165) is 11.8 Å². The molecule has 1 aromatic rings. The average molecular weight is 229 g/mol. The van der Waals surface area contributed by atoms with Gasteiger partial charge in [-0.1, -0.05) is 37.6 Å². The Labute approximate surface area is 105 Å². The molecule has 1 nitrogen and oxygen atoms in total. The minimum absolute atomic E-state index is 0.603. The number of nitrogens with one attached hydrogen (secondary N) is 1. The minimum atomic E-state index is 0.603. The van der Waals surface area contributed by atoms with Crippen molar-refractivity contribution in [2.75, 3.05) is 6.54 Å². The molecule has 0 aromatic heterocycles. The molecule has 92 valence electrons. The molecule has 1 saturated heterocycles. The van der Waals surface area contributed by atoms with Gasteiger partial charge in [0.05, 0.1) is 0 Å². The third-order valence-corrected chi connectivity index (χ3v) is 4.55. The Hall–Kier alpha value is -0.820. The smallest absolute Gasteiger partial charge is 0.0320 e. The second-order valence-corrected chi connectivity index (χ2v) is 5.94. The number of rotatable bonds is 2. The molecule has 1 aromatic carbocycles. The minimum Gasteiger partial charge on any atom is -0.310 e. The Morgan fingerprint density at radius 2 is 1.88 bits per heavy atom. The molecule has 2 unspecified atom stereocenters. The second kappa shape index (κ2) is 4.81. The Kier molecular flexibility index (Phi) is 3.19. The monoisotopic (exact) mass is 229 g/mol. The van der Waals surface area contributed by atoms with Crippen molar-refractivity contribution in [2.24, 2.45) is 5.92 Å². The summed E-state index contributed by atoms with van der Waals surface area (Å²) in [6, 6.07) is 9.93. The van der Waals surface area contributed by atoms with Crippen molar-refractivity contribution in [1.82, 2.24) is 5.32 Å². The van der Waals surface area contributed by atoms with Crippen molar-refractivity contribution in [3.05, 3.63) is 35.4 Å². The van der Waals surface area contributed by atoms with E-state index in [9.17, 15) is 0 Å². The maximum atomic E-state index is 3.69. The van der Waals surface area contributed by atoms with Gasteiger partial charge in [0.2, 0.25) is 0 Å². The van der Waals surface area contributed by atoms with Gasteiger partial charge in [-0.3, -0.25) is 0 Å². The van der Waals surface area contributed by atoms with Gasteiger partial charge < -0.3 is 5.32 Å². The molecular formula is C16H23N. The molecule has 2 fully saturated rings. The summed E-state index contributed by atoms with van der Waals surface area (Å²) in [5, 5.41) is 3.69. The first-order valence-corrected chi connectivity index (χ1v) is 7.16. The number of piperidine rings is 1. The zero-order valence-electron chi connectivity index (χ0n) is 10.8. The van der Waals surface area contributed by atoms with E-state index in [2.05, 4.69) is 36.5 Å². The summed E-state index contributed by atoms with van der Waals surface area (Å²) in [7, 11) is 0. The fraction of sp³-hybridized carbons (Fsp3) is 0.625. The number of benzene rings is 1. The molecule has 17 heavy (non-hydrogen) atoms. The fourth-order valence-electron chi connectivity index (χ4n) is 3.05. The highest BCUT2D eigenvalue weighted by Crippen LogP contribution is 2.37. The highest BCUT2D eigenvalue weighted by molar-refractivity contribution is 5.29. The van der Waals surface area contributed by atoms with Gasteiger partial charge in [-0.15, -0.1) is 0 Å². The van der Waals surface area contributed by atoms with Crippen LogP contribution in [0, 0.1) is 5.92 Å². The van der Waals surface area contributed by atoms with Crippen LogP contribution in [0.3, 0.4) is 0 Å². The summed E-state index contributed by atoms with van der Waals surface area (Å²) in [5.74, 6) is 1.71. The fourth-order valence-corrected chi connectivity index (χ4v) is 3.05. The van der Waals surface area contributed by atoms with Gasteiger partial charge in [0.1, 0.15) is 0 Å². The summed E-state index contributed by atoms with van der Waals surface area (Å²) in [4.78, 5) is 0. The van der Waals surface area contributed by atoms with Crippen molar-refractivity contribution in [3.63, 3.8) is 0 Å². The molecule has 2 aliphatic rings. The molecular weight excluding hydrogens is 206 g/mol. The molecule has 3 rings (SSSR count). The molecule has 0 bridgehead atoms. The molecule has 1 heterocycles. The van der Waals surface area contributed by atoms with Crippen LogP contribution in [0.4, 0.5) is 0 Å². The van der Waals surface area contributed by atoms with Gasteiger partial charge in [0.25, 0.3) is 0 Å². The number of hydrogen-bond acceptors (Lipinski definition) is 1. The molecule has 1 N–H and O–H groups in total. The van der Waals surface area contributed by atoms with E-state index in [-0.39, 0.29) is 0 Å². The lowest BCUT2D eigenvalue weighted by molar-refractivity contribution is 0.332. The van der Waals surface area contributed by atoms with E-state index >= 15 is 0 Å². The van der Waals surface area contributed by atoms with Gasteiger partial charge in [0.15, 0.2) is 0 Å². The SMILES string of the molecule is CC1CCC(c2cccc(C3CCC3)c2)NC1. The lowest BCUT2D eigenvalue weighted by Gasteiger charge is -2.30. The van der Waals surface area contributed by atoms with E-state index in [0.29, 0.717) is 6.04 Å². The Bertz CT molecular complexity index is 373. The molecule has 1 aliphatic carbocycles. The van der Waals surface area contributed by atoms with Gasteiger partial charge in [-0.25, -0.2) is 0 Å². The molecule has 2 atom stereocenters. The first kappa shape index (κ1) is 11.3. The highest BCUT2D eigenvalue weighted by atomic mass is 14.9. The third-order valence-electron chi connectivity index (χ3n) is 4.55. The topological polar surface area (TPSA) is 12.0 Å². The van der Waals surface area contributed by atoms with Crippen LogP contribution in [0.5, 0.6) is 0 Å². The lowest BCUT2D eigenvalue weighted by Crippen LogP contribution is -2.31. The molecule has 1 saturated carbocycles. The normalized spacial score (nSPS) is 29.9. The predicted octanol–water partition coefficient (Wildman–Crippen LogP) is 4.01. The van der Waals surface area contributed by atoms with Gasteiger partial charge in [-0.2, -0.15) is 0 Å². The van der Waals surface area contributed by atoms with Crippen molar-refractivity contribution >= 4 is 0 Å². The maximum absolute atomic E-state index is 3.69. The summed E-state index contributed by atoms with van der Waals surface area (Å²) in [6.07, 6.45) is 6.89. The van der Waals surface area contributed by atoms with E-state index < -0.39 is 0 Å². The largest absolute Gasteiger partial charge is 0.310 e. The van der Waals surface area contributed by atoms with Gasteiger partial charge in [0, 0.05) is 6.04 Å². The van der Waals surface area contributed by atoms with E-state index in [1.165, 1.54) is 44.2 Å². The zero-order chi connectivity index (χ0) is 11.7. The van der Waals surface area contributed by atoms with Crippen molar-refractivity contribution in [2.45, 2.75) is 51.0 Å². The summed E-state index contributed by atoms with van der Waals surface area (Å²) < 4.78 is 0. The van der Waals surface area contributed by atoms with Crippen molar-refractivity contribution < 1.29 is 0 Å². The van der Waals surface area contributed by atoms with Crippen molar-refractivity contribution in [3.8, 4) is 0 Å². The van der Waals surface area contributed by atoms with E-state index in [1.807, 2.05) is 0 Å². The molecule has 0 amide bonds. The molecule has 0 spiro atoms. The van der Waals surface area contributed by atoms with Crippen LogP contribution in [-0.2, 0) is 0 Å². The van der Waals surface area contributed by atoms with Crippen molar-refractivity contribution in [1.29, 1.82) is 0 Å². The van der Waals surface area contributed by atoms with Crippen LogP contribution in [0.15, 0.2) is 24.3 Å². The second-order valence-electron chi connectivity index (χ2n) is 5.94. The van der Waals surface area contributed by atoms with Crippen LogP contribution in [-0.4, -0.2) is 6.54 Å². The standard InChI is InChI=1S/C16H23N/c1-12-8-9-16(17-11-12)15-7-3-6-14(10-15)13-4-2-5-13/h3,6-7,10,12-13,16-17H,2,4-5,8-9,11H2,1H3. The number of hydrogen-bond donors (Lipinski definition) is 1. The zero-order valence-corrected chi connectivity index (χ0v) is 10.8. The molecule has 1 heteroatoms. The Balaban J connectivity index is 1.73. The van der Waals surface area contributed by atoms with Crippen LogP contribution in [0.25, 0.3) is 0 Å². The van der Waals surface area contributed by atoms with E-state index in [1.54, 1.807) is 5.56 Å². The van der Waals surface area contributed by atoms with E-state index in [4.69, 9.17) is 0 Å². The quantitative estimate of drug-likeness (QED) is 0.808.